The first kappa shape index (κ1) is 23.7. The molecule has 0 radical (unpaired) electrons. The third-order valence-electron chi connectivity index (χ3n) is 7.44. The zero-order valence-corrected chi connectivity index (χ0v) is 21.1. The molecule has 3 aliphatic rings. The summed E-state index contributed by atoms with van der Waals surface area (Å²) in [6, 6.07) is 8.30. The van der Waals surface area contributed by atoms with Crippen LogP contribution in [0, 0.1) is 5.92 Å². The second-order valence-corrected chi connectivity index (χ2v) is 9.76. The van der Waals surface area contributed by atoms with Crippen molar-refractivity contribution < 1.29 is 23.5 Å². The number of furan rings is 1. The number of carbonyl (C=O) groups is 3. The van der Waals surface area contributed by atoms with Crippen LogP contribution in [0.4, 0.5) is 16.3 Å². The van der Waals surface area contributed by atoms with Gasteiger partial charge < -0.3 is 24.3 Å². The molecule has 38 heavy (non-hydrogen) atoms. The largest absolute Gasteiger partial charge is 0.501 e. The first-order valence-corrected chi connectivity index (χ1v) is 12.2. The number of aromatic nitrogens is 2. The highest BCUT2D eigenvalue weighted by Gasteiger charge is 2.53. The number of rotatable bonds is 6. The predicted molar refractivity (Wildman–Crippen MR) is 137 cm³/mol. The van der Waals surface area contributed by atoms with Crippen molar-refractivity contribution >= 4 is 40.5 Å². The predicted octanol–water partition coefficient (Wildman–Crippen LogP) is 2.73. The molecule has 0 bridgehead atoms. The number of carbonyl (C=O) groups excluding carboxylic acids is 3. The highest BCUT2D eigenvalue weighted by molar-refractivity contribution is 6.08. The molecule has 2 unspecified atom stereocenters. The van der Waals surface area contributed by atoms with E-state index in [4.69, 9.17) is 14.1 Å². The van der Waals surface area contributed by atoms with Crippen LogP contribution in [-0.2, 0) is 19.9 Å². The van der Waals surface area contributed by atoms with Crippen LogP contribution in [0.3, 0.4) is 0 Å². The Morgan fingerprint density at radius 1 is 1.21 bits per heavy atom. The summed E-state index contributed by atoms with van der Waals surface area (Å²) in [6.45, 7) is 2.30. The number of imide groups is 1. The fraction of sp³-hybridized carbons (Fsp3) is 0.296. The Labute approximate surface area is 218 Å². The highest BCUT2D eigenvalue weighted by Crippen LogP contribution is 2.38. The van der Waals surface area contributed by atoms with E-state index in [1.54, 1.807) is 48.7 Å². The van der Waals surface area contributed by atoms with Gasteiger partial charge >= 0.3 is 6.03 Å². The van der Waals surface area contributed by atoms with Gasteiger partial charge in [-0.05, 0) is 41.8 Å². The van der Waals surface area contributed by atoms with Crippen LogP contribution in [0.25, 0.3) is 11.1 Å². The van der Waals surface area contributed by atoms with Gasteiger partial charge in [0.25, 0.3) is 11.8 Å². The third kappa shape index (κ3) is 3.69. The van der Waals surface area contributed by atoms with Gasteiger partial charge in [-0.25, -0.2) is 9.78 Å². The maximum atomic E-state index is 13.4. The molecule has 11 nitrogen and oxygen atoms in total. The molecule has 1 aliphatic carbocycles. The average Bonchev–Trinajstić information content (AvgIpc) is 3.58. The van der Waals surface area contributed by atoms with Gasteiger partial charge in [-0.1, -0.05) is 6.92 Å². The van der Waals surface area contributed by atoms with Crippen molar-refractivity contribution in [2.24, 2.45) is 5.92 Å². The van der Waals surface area contributed by atoms with Crippen LogP contribution in [0.2, 0.25) is 0 Å². The van der Waals surface area contributed by atoms with E-state index in [0.29, 0.717) is 35.5 Å². The van der Waals surface area contributed by atoms with E-state index in [-0.39, 0.29) is 24.1 Å². The molecule has 2 N–H and O–H groups in total. The normalized spacial score (nSPS) is 22.9. The zero-order valence-electron chi connectivity index (χ0n) is 21.1. The molecule has 4 amide bonds. The van der Waals surface area contributed by atoms with E-state index in [2.05, 4.69) is 15.6 Å². The van der Waals surface area contributed by atoms with Gasteiger partial charge in [0.2, 0.25) is 0 Å². The quantitative estimate of drug-likeness (QED) is 0.481. The van der Waals surface area contributed by atoms with Crippen molar-refractivity contribution in [1.29, 1.82) is 0 Å². The average molecular weight is 515 g/mol. The first-order chi connectivity index (χ1) is 18.3. The molecule has 0 spiro atoms. The maximum Gasteiger partial charge on any atom is 0.322 e. The smallest absolute Gasteiger partial charge is 0.322 e. The maximum absolute atomic E-state index is 13.4. The lowest BCUT2D eigenvalue weighted by Gasteiger charge is -2.29. The Morgan fingerprint density at radius 2 is 2.00 bits per heavy atom. The summed E-state index contributed by atoms with van der Waals surface area (Å²) >= 11 is 0. The molecular weight excluding hydrogens is 488 g/mol. The number of pyridine rings is 2. The fourth-order valence-corrected chi connectivity index (χ4v) is 5.31. The number of hydrogen-bond donors (Lipinski definition) is 2. The minimum absolute atomic E-state index is 0.0944. The summed E-state index contributed by atoms with van der Waals surface area (Å²) in [6.07, 6.45) is 5.86. The molecule has 2 atom stereocenters. The summed E-state index contributed by atoms with van der Waals surface area (Å²) in [5, 5.41) is 5.04. The lowest BCUT2D eigenvalue weighted by molar-refractivity contribution is -0.130. The zero-order chi connectivity index (χ0) is 26.6. The van der Waals surface area contributed by atoms with E-state index in [0.717, 1.165) is 17.0 Å². The molecule has 6 rings (SSSR count). The second kappa shape index (κ2) is 8.72. The van der Waals surface area contributed by atoms with Gasteiger partial charge in [-0.3, -0.25) is 19.9 Å². The third-order valence-corrected chi connectivity index (χ3v) is 7.44. The standard InChI is InChI=1S/C27H26N6O5/c1-15-10-17(37-3)11-18-19(15)13-33(24(18)34)14-27(25(35)30-26(36)31-27)22-12-20-21(38-22)4-5-23(29-20)32(2)16-6-8-28-9-7-16/h4-9,11-12,15H,10,13-14H2,1-3H3,(H2,30,31,35,36). The van der Waals surface area contributed by atoms with Crippen LogP contribution in [0.1, 0.15) is 19.1 Å². The Bertz CT molecular complexity index is 1540. The number of nitrogens with one attached hydrogen (secondary N) is 2. The van der Waals surface area contributed by atoms with Crippen LogP contribution >= 0.6 is 0 Å². The summed E-state index contributed by atoms with van der Waals surface area (Å²) in [5.41, 5.74) is 1.83. The van der Waals surface area contributed by atoms with Crippen molar-refractivity contribution in [3.05, 3.63) is 71.5 Å². The summed E-state index contributed by atoms with van der Waals surface area (Å²) in [5.74, 6) is 0.911. The SMILES string of the molecule is COC1=CC2=C(CN(CC3(c4cc5nc(N(C)c6ccncc6)ccc5o4)NC(=O)NC3=O)C2=O)C(C)C1. The molecule has 5 heterocycles. The van der Waals surface area contributed by atoms with Gasteiger partial charge in [0.1, 0.15) is 17.1 Å². The molecule has 1 fully saturated rings. The molecule has 2 aliphatic heterocycles. The monoisotopic (exact) mass is 514 g/mol. The first-order valence-electron chi connectivity index (χ1n) is 12.2. The summed E-state index contributed by atoms with van der Waals surface area (Å²) in [4.78, 5) is 51.2. The number of urea groups is 1. The number of nitrogens with zero attached hydrogens (tertiary/aromatic N) is 4. The van der Waals surface area contributed by atoms with E-state index in [9.17, 15) is 14.4 Å². The second-order valence-electron chi connectivity index (χ2n) is 9.76. The van der Waals surface area contributed by atoms with Gasteiger partial charge in [0.15, 0.2) is 11.1 Å². The van der Waals surface area contributed by atoms with Crippen molar-refractivity contribution in [3.63, 3.8) is 0 Å². The van der Waals surface area contributed by atoms with Crippen molar-refractivity contribution in [3.8, 4) is 0 Å². The Kier molecular flexibility index (Phi) is 5.44. The summed E-state index contributed by atoms with van der Waals surface area (Å²) in [7, 11) is 3.47. The Hall–Kier alpha value is -4.67. The lowest BCUT2D eigenvalue weighted by Crippen LogP contribution is -2.53. The molecule has 11 heteroatoms. The molecule has 0 saturated carbocycles. The minimum atomic E-state index is -1.60. The number of fused-ring (bicyclic) bond motifs is 1. The van der Waals surface area contributed by atoms with Crippen LogP contribution < -0.4 is 15.5 Å². The van der Waals surface area contributed by atoms with Crippen LogP contribution in [0.15, 0.2) is 70.1 Å². The van der Waals surface area contributed by atoms with Crippen LogP contribution in [0.5, 0.6) is 0 Å². The minimum Gasteiger partial charge on any atom is -0.501 e. The number of amides is 4. The lowest BCUT2D eigenvalue weighted by atomic mass is 9.89. The highest BCUT2D eigenvalue weighted by atomic mass is 16.5. The van der Waals surface area contributed by atoms with E-state index >= 15 is 0 Å². The molecule has 3 aromatic rings. The number of ether oxygens (including phenoxy) is 1. The molecule has 0 aromatic carbocycles. The van der Waals surface area contributed by atoms with Crippen molar-refractivity contribution in [2.45, 2.75) is 18.9 Å². The topological polar surface area (TPSA) is 130 Å². The van der Waals surface area contributed by atoms with Crippen molar-refractivity contribution in [2.75, 3.05) is 32.1 Å². The molecular formula is C27H26N6O5. The Balaban J connectivity index is 1.35. The van der Waals surface area contributed by atoms with E-state index in [1.165, 1.54) is 0 Å². The van der Waals surface area contributed by atoms with E-state index in [1.807, 2.05) is 31.0 Å². The molecule has 1 saturated heterocycles. The van der Waals surface area contributed by atoms with Gasteiger partial charge in [0.05, 0.1) is 19.4 Å². The van der Waals surface area contributed by atoms with E-state index < -0.39 is 17.5 Å². The number of anilines is 2. The molecule has 3 aromatic heterocycles. The fourth-order valence-electron chi connectivity index (χ4n) is 5.31. The van der Waals surface area contributed by atoms with Gasteiger partial charge in [-0.15, -0.1) is 0 Å². The van der Waals surface area contributed by atoms with Crippen molar-refractivity contribution in [1.82, 2.24) is 25.5 Å². The number of allylic oxidation sites excluding steroid dienone is 1. The van der Waals surface area contributed by atoms with Gasteiger partial charge in [0, 0.05) is 49.7 Å². The van der Waals surface area contributed by atoms with Crippen LogP contribution in [-0.4, -0.2) is 60.0 Å². The Morgan fingerprint density at radius 3 is 2.71 bits per heavy atom. The molecule has 194 valence electrons. The van der Waals surface area contributed by atoms with Gasteiger partial charge in [-0.2, -0.15) is 0 Å². The number of hydrogen-bond acceptors (Lipinski definition) is 8. The number of methoxy groups -OCH3 is 1. The summed E-state index contributed by atoms with van der Waals surface area (Å²) < 4.78 is 11.5.